The van der Waals surface area contributed by atoms with E-state index in [4.69, 9.17) is 4.74 Å². The molecule has 1 atom stereocenters. The molecule has 2 aliphatic rings. The van der Waals surface area contributed by atoms with Gasteiger partial charge in [-0.05, 0) is 30.9 Å². The van der Waals surface area contributed by atoms with Gasteiger partial charge in [-0.15, -0.1) is 0 Å². The normalized spacial score (nSPS) is 21.9. The molecule has 0 aromatic heterocycles. The number of nitrogens with one attached hydrogen (secondary N) is 2. The predicted octanol–water partition coefficient (Wildman–Crippen LogP) is 1.78. The largest absolute Gasteiger partial charge is 0.381 e. The van der Waals surface area contributed by atoms with Crippen molar-refractivity contribution in [1.29, 1.82) is 0 Å². The lowest BCUT2D eigenvalue weighted by molar-refractivity contribution is -0.131. The molecule has 2 heterocycles. The Bertz CT molecular complexity index is 500. The molecule has 2 N–H and O–H groups in total. The lowest BCUT2D eigenvalue weighted by Gasteiger charge is -2.33. The molecule has 0 bridgehead atoms. The summed E-state index contributed by atoms with van der Waals surface area (Å²) in [5, 5.41) is 6.66. The van der Waals surface area contributed by atoms with Crippen LogP contribution in [0.25, 0.3) is 0 Å². The van der Waals surface area contributed by atoms with Gasteiger partial charge in [0.15, 0.2) is 0 Å². The van der Waals surface area contributed by atoms with Gasteiger partial charge in [0.2, 0.25) is 5.91 Å². The van der Waals surface area contributed by atoms with Gasteiger partial charge in [0.1, 0.15) is 6.04 Å². The van der Waals surface area contributed by atoms with Gasteiger partial charge in [-0.1, -0.05) is 12.1 Å². The lowest BCUT2D eigenvalue weighted by Crippen LogP contribution is -2.48. The van der Waals surface area contributed by atoms with Gasteiger partial charge in [0, 0.05) is 33.4 Å². The van der Waals surface area contributed by atoms with Crippen LogP contribution in [-0.2, 0) is 9.53 Å². The minimum Gasteiger partial charge on any atom is -0.381 e. The molecule has 0 radical (unpaired) electrons. The van der Waals surface area contributed by atoms with E-state index in [9.17, 15) is 4.79 Å². The van der Waals surface area contributed by atoms with Crippen molar-refractivity contribution in [1.82, 2.24) is 4.90 Å². The average molecular weight is 289 g/mol. The highest BCUT2D eigenvalue weighted by Gasteiger charge is 2.27. The average Bonchev–Trinajstić information content (AvgIpc) is 2.54. The first-order valence-electron chi connectivity index (χ1n) is 7.66. The second kappa shape index (κ2) is 6.35. The Hall–Kier alpha value is -1.75. The highest BCUT2D eigenvalue weighted by molar-refractivity contribution is 5.88. The van der Waals surface area contributed by atoms with Crippen LogP contribution in [0.5, 0.6) is 0 Å². The Balaban J connectivity index is 1.58. The number of nitrogens with zero attached hydrogens (tertiary/aromatic N) is 1. The van der Waals surface area contributed by atoms with E-state index in [1.807, 2.05) is 36.2 Å². The second-order valence-corrected chi connectivity index (χ2v) is 5.90. The first kappa shape index (κ1) is 14.2. The van der Waals surface area contributed by atoms with Crippen LogP contribution in [0, 0.1) is 5.92 Å². The highest BCUT2D eigenvalue weighted by atomic mass is 16.5. The number of rotatable bonds is 3. The van der Waals surface area contributed by atoms with E-state index in [2.05, 4.69) is 10.6 Å². The van der Waals surface area contributed by atoms with Gasteiger partial charge in [-0.2, -0.15) is 0 Å². The molecule has 0 aliphatic carbocycles. The van der Waals surface area contributed by atoms with E-state index < -0.39 is 0 Å². The number of amides is 1. The van der Waals surface area contributed by atoms with Crippen LogP contribution in [0.15, 0.2) is 24.3 Å². The van der Waals surface area contributed by atoms with Crippen LogP contribution in [-0.4, -0.2) is 50.2 Å². The summed E-state index contributed by atoms with van der Waals surface area (Å²) >= 11 is 0. The van der Waals surface area contributed by atoms with Crippen LogP contribution in [0.4, 0.5) is 11.4 Å². The number of carbonyl (C=O) groups excluding carboxylic acids is 1. The van der Waals surface area contributed by atoms with Crippen molar-refractivity contribution in [2.45, 2.75) is 18.9 Å². The first-order valence-corrected chi connectivity index (χ1v) is 7.66. The molecule has 1 fully saturated rings. The molecule has 21 heavy (non-hydrogen) atoms. The highest BCUT2D eigenvalue weighted by Crippen LogP contribution is 2.26. The SMILES string of the molecule is CN(CC1CCOCC1)C(=O)C1CNc2ccccc2N1. The molecule has 1 amide bonds. The number of hydrogen-bond donors (Lipinski definition) is 2. The zero-order chi connectivity index (χ0) is 14.7. The van der Waals surface area contributed by atoms with Crippen LogP contribution in [0.3, 0.4) is 0 Å². The number of carbonyl (C=O) groups is 1. The lowest BCUT2D eigenvalue weighted by atomic mass is 9.99. The van der Waals surface area contributed by atoms with Crippen molar-refractivity contribution < 1.29 is 9.53 Å². The number of anilines is 2. The molecule has 5 heteroatoms. The van der Waals surface area contributed by atoms with Gasteiger partial charge in [-0.3, -0.25) is 4.79 Å². The number of fused-ring (bicyclic) bond motifs is 1. The Kier molecular flexibility index (Phi) is 4.29. The molecule has 1 unspecified atom stereocenters. The summed E-state index contributed by atoms with van der Waals surface area (Å²) in [4.78, 5) is 14.4. The number of benzene rings is 1. The Morgan fingerprint density at radius 2 is 2.00 bits per heavy atom. The van der Waals surface area contributed by atoms with Crippen LogP contribution < -0.4 is 10.6 Å². The van der Waals surface area contributed by atoms with Gasteiger partial charge in [0.25, 0.3) is 0 Å². The number of ether oxygens (including phenoxy) is 1. The Morgan fingerprint density at radius 3 is 2.76 bits per heavy atom. The molecule has 0 spiro atoms. The van der Waals surface area contributed by atoms with Crippen molar-refractivity contribution in [2.75, 3.05) is 44.0 Å². The summed E-state index contributed by atoms with van der Waals surface area (Å²) < 4.78 is 5.37. The van der Waals surface area contributed by atoms with Crippen LogP contribution in [0.1, 0.15) is 12.8 Å². The second-order valence-electron chi connectivity index (χ2n) is 5.90. The van der Waals surface area contributed by atoms with E-state index in [0.29, 0.717) is 12.5 Å². The van der Waals surface area contributed by atoms with Crippen molar-refractivity contribution in [3.8, 4) is 0 Å². The summed E-state index contributed by atoms with van der Waals surface area (Å²) in [6.45, 7) is 3.10. The molecule has 114 valence electrons. The summed E-state index contributed by atoms with van der Waals surface area (Å²) in [6.07, 6.45) is 2.10. The summed E-state index contributed by atoms with van der Waals surface area (Å²) in [5.41, 5.74) is 2.06. The topological polar surface area (TPSA) is 53.6 Å². The minimum atomic E-state index is -0.190. The third-order valence-corrected chi connectivity index (χ3v) is 4.30. The molecule has 0 saturated carbocycles. The molecule has 1 aromatic carbocycles. The van der Waals surface area contributed by atoms with Gasteiger partial charge < -0.3 is 20.3 Å². The van der Waals surface area contributed by atoms with Crippen molar-refractivity contribution in [3.63, 3.8) is 0 Å². The Morgan fingerprint density at radius 1 is 1.29 bits per heavy atom. The van der Waals surface area contributed by atoms with E-state index >= 15 is 0 Å². The smallest absolute Gasteiger partial charge is 0.246 e. The van der Waals surface area contributed by atoms with Crippen LogP contribution >= 0.6 is 0 Å². The van der Waals surface area contributed by atoms with Crippen LogP contribution in [0.2, 0.25) is 0 Å². The van der Waals surface area contributed by atoms with Crippen molar-refractivity contribution >= 4 is 17.3 Å². The first-order chi connectivity index (χ1) is 10.2. The molecular formula is C16H23N3O2. The van der Waals surface area contributed by atoms with E-state index in [-0.39, 0.29) is 11.9 Å². The number of hydrogen-bond acceptors (Lipinski definition) is 4. The van der Waals surface area contributed by atoms with Gasteiger partial charge >= 0.3 is 0 Å². The summed E-state index contributed by atoms with van der Waals surface area (Å²) in [7, 11) is 1.90. The molecular weight excluding hydrogens is 266 g/mol. The molecule has 1 aromatic rings. The zero-order valence-electron chi connectivity index (χ0n) is 12.5. The number of likely N-dealkylation sites (N-methyl/N-ethyl adjacent to an activating group) is 1. The van der Waals surface area contributed by atoms with E-state index in [1.54, 1.807) is 0 Å². The van der Waals surface area contributed by atoms with E-state index in [0.717, 1.165) is 44.0 Å². The molecule has 3 rings (SSSR count). The number of para-hydroxylation sites is 2. The predicted molar refractivity (Wildman–Crippen MR) is 83.5 cm³/mol. The quantitative estimate of drug-likeness (QED) is 0.890. The van der Waals surface area contributed by atoms with Gasteiger partial charge in [-0.25, -0.2) is 0 Å². The Labute approximate surface area is 125 Å². The minimum absolute atomic E-state index is 0.156. The summed E-state index contributed by atoms with van der Waals surface area (Å²) in [6, 6.07) is 7.80. The van der Waals surface area contributed by atoms with Crippen molar-refractivity contribution in [2.24, 2.45) is 5.92 Å². The maximum Gasteiger partial charge on any atom is 0.246 e. The van der Waals surface area contributed by atoms with E-state index in [1.165, 1.54) is 0 Å². The standard InChI is InChI=1S/C16H23N3O2/c1-19(11-12-6-8-21-9-7-12)16(20)15-10-17-13-4-2-3-5-14(13)18-15/h2-5,12,15,17-18H,6-11H2,1H3. The summed E-state index contributed by atoms with van der Waals surface area (Å²) in [5.74, 6) is 0.722. The fourth-order valence-electron chi connectivity index (χ4n) is 3.04. The maximum atomic E-state index is 12.6. The molecule has 2 aliphatic heterocycles. The molecule has 1 saturated heterocycles. The van der Waals surface area contributed by atoms with Gasteiger partial charge in [0.05, 0.1) is 11.4 Å². The third-order valence-electron chi connectivity index (χ3n) is 4.30. The monoisotopic (exact) mass is 289 g/mol. The fourth-order valence-corrected chi connectivity index (χ4v) is 3.04. The fraction of sp³-hybridized carbons (Fsp3) is 0.562. The zero-order valence-corrected chi connectivity index (χ0v) is 12.5. The van der Waals surface area contributed by atoms with Crippen molar-refractivity contribution in [3.05, 3.63) is 24.3 Å². The molecule has 5 nitrogen and oxygen atoms in total. The third kappa shape index (κ3) is 3.29. The maximum absolute atomic E-state index is 12.6.